The van der Waals surface area contributed by atoms with Crippen LogP contribution in [-0.2, 0) is 14.3 Å². The summed E-state index contributed by atoms with van der Waals surface area (Å²) in [5.74, 6) is 0.504. The van der Waals surface area contributed by atoms with Crippen LogP contribution < -0.4 is 9.64 Å². The van der Waals surface area contributed by atoms with E-state index < -0.39 is 0 Å². The molecule has 2 aliphatic heterocycles. The molecular weight excluding hydrogens is 296 g/mol. The van der Waals surface area contributed by atoms with E-state index >= 15 is 0 Å². The first-order valence-electron chi connectivity index (χ1n) is 8.00. The molecule has 0 saturated carbocycles. The number of carbonyl (C=O) groups is 2. The summed E-state index contributed by atoms with van der Waals surface area (Å²) in [5, 5.41) is 0. The van der Waals surface area contributed by atoms with Gasteiger partial charge in [-0.15, -0.1) is 0 Å². The van der Waals surface area contributed by atoms with Crippen LogP contribution in [0.15, 0.2) is 24.3 Å². The minimum atomic E-state index is -0.0855. The molecule has 0 aliphatic carbocycles. The van der Waals surface area contributed by atoms with Crippen molar-refractivity contribution in [1.82, 2.24) is 4.90 Å². The third-order valence-corrected chi connectivity index (χ3v) is 4.10. The molecule has 0 radical (unpaired) electrons. The first kappa shape index (κ1) is 15.8. The van der Waals surface area contributed by atoms with Gasteiger partial charge in [0.15, 0.2) is 0 Å². The zero-order chi connectivity index (χ0) is 16.4. The van der Waals surface area contributed by atoms with Crippen molar-refractivity contribution in [3.05, 3.63) is 24.3 Å². The van der Waals surface area contributed by atoms with Crippen molar-refractivity contribution in [1.29, 1.82) is 0 Å². The predicted octanol–water partition coefficient (Wildman–Crippen LogP) is 1.44. The molecule has 1 saturated heterocycles. The van der Waals surface area contributed by atoms with Crippen molar-refractivity contribution in [2.24, 2.45) is 0 Å². The highest BCUT2D eigenvalue weighted by Crippen LogP contribution is 2.31. The van der Waals surface area contributed by atoms with E-state index in [1.807, 2.05) is 38.1 Å². The number of fused-ring (bicyclic) bond motifs is 1. The largest absolute Gasteiger partial charge is 0.491 e. The maximum Gasteiger partial charge on any atom is 0.242 e. The summed E-state index contributed by atoms with van der Waals surface area (Å²) in [4.78, 5) is 28.4. The number of ether oxygens (including phenoxy) is 2. The Kier molecular flexibility index (Phi) is 4.52. The number of hydrogen-bond donors (Lipinski definition) is 0. The molecule has 23 heavy (non-hydrogen) atoms. The molecule has 3 rings (SSSR count). The summed E-state index contributed by atoms with van der Waals surface area (Å²) < 4.78 is 11.3. The SMILES string of the molecule is C[C@H]1CN(C(=O)CN2C(=O)CCOc3ccccc32)C[C@H](C)O1. The molecule has 1 aromatic rings. The van der Waals surface area contributed by atoms with Gasteiger partial charge in [-0.25, -0.2) is 0 Å². The van der Waals surface area contributed by atoms with Crippen LogP contribution in [0.2, 0.25) is 0 Å². The average molecular weight is 318 g/mol. The number of hydrogen-bond acceptors (Lipinski definition) is 4. The number of anilines is 1. The molecule has 0 aromatic heterocycles. The van der Waals surface area contributed by atoms with Crippen LogP contribution in [0.1, 0.15) is 20.3 Å². The molecule has 6 heteroatoms. The number of para-hydroxylation sites is 2. The van der Waals surface area contributed by atoms with E-state index in [1.165, 1.54) is 4.90 Å². The van der Waals surface area contributed by atoms with Crippen molar-refractivity contribution in [2.45, 2.75) is 32.5 Å². The van der Waals surface area contributed by atoms with Gasteiger partial charge in [-0.2, -0.15) is 0 Å². The van der Waals surface area contributed by atoms with Gasteiger partial charge in [0.1, 0.15) is 12.3 Å². The predicted molar refractivity (Wildman–Crippen MR) is 85.5 cm³/mol. The first-order chi connectivity index (χ1) is 11.0. The number of rotatable bonds is 2. The molecule has 2 amide bonds. The summed E-state index contributed by atoms with van der Waals surface area (Å²) in [6, 6.07) is 7.35. The fourth-order valence-corrected chi connectivity index (χ4v) is 3.11. The maximum absolute atomic E-state index is 12.7. The van der Waals surface area contributed by atoms with Gasteiger partial charge < -0.3 is 14.4 Å². The lowest BCUT2D eigenvalue weighted by Crippen LogP contribution is -2.51. The second-order valence-electron chi connectivity index (χ2n) is 6.10. The highest BCUT2D eigenvalue weighted by Gasteiger charge is 2.30. The van der Waals surface area contributed by atoms with Crippen LogP contribution in [0.5, 0.6) is 5.75 Å². The molecule has 0 bridgehead atoms. The molecule has 0 N–H and O–H groups in total. The van der Waals surface area contributed by atoms with E-state index in [4.69, 9.17) is 9.47 Å². The van der Waals surface area contributed by atoms with Crippen LogP contribution in [0.4, 0.5) is 5.69 Å². The quantitative estimate of drug-likeness (QED) is 0.828. The van der Waals surface area contributed by atoms with Crippen LogP contribution in [0, 0.1) is 0 Å². The van der Waals surface area contributed by atoms with Crippen LogP contribution >= 0.6 is 0 Å². The molecule has 1 fully saturated rings. The van der Waals surface area contributed by atoms with E-state index in [1.54, 1.807) is 4.90 Å². The summed E-state index contributed by atoms with van der Waals surface area (Å²) in [6.07, 6.45) is 0.300. The number of benzene rings is 1. The van der Waals surface area contributed by atoms with Crippen molar-refractivity contribution in [3.8, 4) is 5.75 Å². The molecule has 0 unspecified atom stereocenters. The minimum absolute atomic E-state index is 0.0122. The maximum atomic E-state index is 12.7. The molecule has 124 valence electrons. The second-order valence-corrected chi connectivity index (χ2v) is 6.10. The number of morpholine rings is 1. The summed E-state index contributed by atoms with van der Waals surface area (Å²) in [6.45, 7) is 5.41. The summed E-state index contributed by atoms with van der Waals surface area (Å²) in [5.41, 5.74) is 0.665. The Labute approximate surface area is 136 Å². The molecule has 2 atom stereocenters. The topological polar surface area (TPSA) is 59.1 Å². The van der Waals surface area contributed by atoms with Gasteiger partial charge in [0.05, 0.1) is 30.9 Å². The van der Waals surface area contributed by atoms with E-state index in [-0.39, 0.29) is 37.0 Å². The first-order valence-corrected chi connectivity index (χ1v) is 8.00. The van der Waals surface area contributed by atoms with Gasteiger partial charge in [-0.05, 0) is 26.0 Å². The zero-order valence-corrected chi connectivity index (χ0v) is 13.5. The standard InChI is InChI=1S/C17H22N2O4/c1-12-9-18(10-13(2)23-12)17(21)11-19-14-5-3-4-6-15(14)22-8-7-16(19)20/h3-6,12-13H,7-11H2,1-2H3/t12-,13-/m0/s1. The van der Waals surface area contributed by atoms with Gasteiger partial charge in [-0.3, -0.25) is 14.5 Å². The van der Waals surface area contributed by atoms with Gasteiger partial charge in [0.25, 0.3) is 0 Å². The molecule has 1 aromatic carbocycles. The molecule has 2 aliphatic rings. The normalized spacial score (nSPS) is 24.7. The Morgan fingerprint density at radius 2 is 1.91 bits per heavy atom. The van der Waals surface area contributed by atoms with Crippen LogP contribution in [-0.4, -0.2) is 55.2 Å². The lowest BCUT2D eigenvalue weighted by molar-refractivity contribution is -0.142. The van der Waals surface area contributed by atoms with E-state index in [0.29, 0.717) is 31.1 Å². The van der Waals surface area contributed by atoms with Gasteiger partial charge in [-0.1, -0.05) is 12.1 Å². The average Bonchev–Trinajstić information content (AvgIpc) is 2.66. The number of nitrogens with zero attached hydrogens (tertiary/aromatic N) is 2. The lowest BCUT2D eigenvalue weighted by Gasteiger charge is -2.36. The van der Waals surface area contributed by atoms with Gasteiger partial charge in [0, 0.05) is 13.1 Å². The number of amides is 2. The van der Waals surface area contributed by atoms with Crippen molar-refractivity contribution in [2.75, 3.05) is 31.1 Å². The Morgan fingerprint density at radius 1 is 1.22 bits per heavy atom. The highest BCUT2D eigenvalue weighted by molar-refractivity contribution is 6.00. The van der Waals surface area contributed by atoms with E-state index in [2.05, 4.69) is 0 Å². The molecule has 0 spiro atoms. The van der Waals surface area contributed by atoms with Crippen molar-refractivity contribution >= 4 is 17.5 Å². The minimum Gasteiger partial charge on any atom is -0.491 e. The Bertz CT molecular complexity index is 594. The third kappa shape index (κ3) is 3.47. The van der Waals surface area contributed by atoms with Gasteiger partial charge in [0.2, 0.25) is 11.8 Å². The van der Waals surface area contributed by atoms with E-state index in [0.717, 1.165) is 0 Å². The zero-order valence-electron chi connectivity index (χ0n) is 13.5. The monoisotopic (exact) mass is 318 g/mol. The third-order valence-electron chi connectivity index (χ3n) is 4.10. The van der Waals surface area contributed by atoms with Crippen molar-refractivity contribution in [3.63, 3.8) is 0 Å². The smallest absolute Gasteiger partial charge is 0.242 e. The fraction of sp³-hybridized carbons (Fsp3) is 0.529. The Morgan fingerprint density at radius 3 is 2.65 bits per heavy atom. The molecular formula is C17H22N2O4. The van der Waals surface area contributed by atoms with Crippen LogP contribution in [0.3, 0.4) is 0 Å². The summed E-state index contributed by atoms with van der Waals surface area (Å²) >= 11 is 0. The molecule has 2 heterocycles. The summed E-state index contributed by atoms with van der Waals surface area (Å²) in [7, 11) is 0. The van der Waals surface area contributed by atoms with Crippen molar-refractivity contribution < 1.29 is 19.1 Å². The highest BCUT2D eigenvalue weighted by atomic mass is 16.5. The second kappa shape index (κ2) is 6.58. The van der Waals surface area contributed by atoms with Gasteiger partial charge >= 0.3 is 0 Å². The van der Waals surface area contributed by atoms with E-state index in [9.17, 15) is 9.59 Å². The Hall–Kier alpha value is -2.08. The van der Waals surface area contributed by atoms with Crippen LogP contribution in [0.25, 0.3) is 0 Å². The lowest BCUT2D eigenvalue weighted by atomic mass is 10.2. The fourth-order valence-electron chi connectivity index (χ4n) is 3.11. The number of carbonyl (C=O) groups excluding carboxylic acids is 2. The Balaban J connectivity index is 1.78. The molecule has 6 nitrogen and oxygen atoms in total.